The molecule has 2 saturated carbocycles. The fourth-order valence-electron chi connectivity index (χ4n) is 8.02. The Kier molecular flexibility index (Phi) is 5.51. The monoisotopic (exact) mass is 472 g/mol. The number of fused-ring (bicyclic) bond motifs is 5. The maximum atomic E-state index is 13.6. The number of hydrogen-bond acceptors (Lipinski definition) is 7. The van der Waals surface area contributed by atoms with E-state index in [0.29, 0.717) is 12.8 Å². The number of cyclic esters (lactones) is 1. The molecule has 0 aromatic carbocycles. The normalized spacial score (nSPS) is 48.4. The van der Waals surface area contributed by atoms with E-state index in [1.165, 1.54) is 6.92 Å². The summed E-state index contributed by atoms with van der Waals surface area (Å²) in [5.41, 5.74) is -1.54. The van der Waals surface area contributed by atoms with Crippen molar-refractivity contribution in [2.24, 2.45) is 46.8 Å². The minimum absolute atomic E-state index is 0.0442. The molecule has 1 heterocycles. The van der Waals surface area contributed by atoms with E-state index in [1.807, 2.05) is 19.1 Å². The Morgan fingerprint density at radius 1 is 1.21 bits per heavy atom. The first kappa shape index (κ1) is 23.9. The molecule has 34 heavy (non-hydrogen) atoms. The van der Waals surface area contributed by atoms with Crippen LogP contribution in [0.2, 0.25) is 0 Å². The van der Waals surface area contributed by atoms with Crippen LogP contribution in [0.3, 0.4) is 0 Å². The van der Waals surface area contributed by atoms with E-state index >= 15 is 0 Å². The molecule has 12 atom stereocenters. The van der Waals surface area contributed by atoms with Crippen molar-refractivity contribution < 1.29 is 34.4 Å². The van der Waals surface area contributed by atoms with Gasteiger partial charge in [-0.2, -0.15) is 0 Å². The van der Waals surface area contributed by atoms with Crippen LogP contribution in [0.4, 0.5) is 0 Å². The minimum Gasteiger partial charge on any atom is -0.459 e. The lowest BCUT2D eigenvalue weighted by Gasteiger charge is -2.52. The lowest BCUT2D eigenvalue weighted by Crippen LogP contribution is -2.59. The Hall–Kier alpha value is -1.83. The summed E-state index contributed by atoms with van der Waals surface area (Å²) in [6.07, 6.45) is 4.33. The van der Waals surface area contributed by atoms with Crippen molar-refractivity contribution in [3.63, 3.8) is 0 Å². The van der Waals surface area contributed by atoms with E-state index in [9.17, 15) is 29.7 Å². The lowest BCUT2D eigenvalue weighted by molar-refractivity contribution is -0.185. The summed E-state index contributed by atoms with van der Waals surface area (Å²) in [5.74, 6) is -2.80. The summed E-state index contributed by atoms with van der Waals surface area (Å²) < 4.78 is 5.39. The van der Waals surface area contributed by atoms with Crippen LogP contribution in [0.1, 0.15) is 53.4 Å². The summed E-state index contributed by atoms with van der Waals surface area (Å²) in [7, 11) is 0. The lowest BCUT2D eigenvalue weighted by atomic mass is 9.50. The molecule has 0 radical (unpaired) electrons. The molecule has 3 fully saturated rings. The maximum absolute atomic E-state index is 13.6. The van der Waals surface area contributed by atoms with Gasteiger partial charge in [0, 0.05) is 30.6 Å². The van der Waals surface area contributed by atoms with Crippen molar-refractivity contribution >= 4 is 17.5 Å². The maximum Gasteiger partial charge on any atom is 0.309 e. The fourth-order valence-corrected chi connectivity index (χ4v) is 8.02. The molecule has 1 aliphatic heterocycles. The van der Waals surface area contributed by atoms with E-state index in [4.69, 9.17) is 4.74 Å². The SMILES string of the molecule is C[C@@H]1[C@@H]([C@@H](O)[C@@](C)(O)[C@H]2[C@@H]3C(=O)C[C@@H]4[C@H](CC=C5C=CCC(=O)[C@]54C)[C@H]3C[C@H]2O)OC(=O)[C@H]1C. The zero-order valence-corrected chi connectivity index (χ0v) is 20.3. The van der Waals surface area contributed by atoms with Crippen LogP contribution in [0.25, 0.3) is 0 Å². The van der Waals surface area contributed by atoms with Crippen molar-refractivity contribution in [1.29, 1.82) is 0 Å². The third kappa shape index (κ3) is 3.09. The summed E-state index contributed by atoms with van der Waals surface area (Å²) in [4.78, 5) is 38.7. The first-order valence-electron chi connectivity index (χ1n) is 12.6. The molecule has 0 spiro atoms. The van der Waals surface area contributed by atoms with Gasteiger partial charge in [0.2, 0.25) is 0 Å². The van der Waals surface area contributed by atoms with E-state index in [0.717, 1.165) is 12.0 Å². The number of aliphatic hydroxyl groups is 3. The Labute approximate surface area is 200 Å². The smallest absolute Gasteiger partial charge is 0.309 e. The van der Waals surface area contributed by atoms with Crippen LogP contribution in [-0.2, 0) is 19.1 Å². The average molecular weight is 473 g/mol. The van der Waals surface area contributed by atoms with Crippen molar-refractivity contribution in [3.8, 4) is 0 Å². The molecule has 186 valence electrons. The summed E-state index contributed by atoms with van der Waals surface area (Å²) in [6, 6.07) is 0. The van der Waals surface area contributed by atoms with E-state index in [-0.39, 0.29) is 41.7 Å². The number of ketones is 2. The standard InChI is InChI=1S/C27H36O7/c1-12-13(2)25(32)34-23(12)24(31)27(4,33)22-19(29)10-16-15-9-8-14-6-5-7-20(30)26(14,3)17(15)11-18(28)21(16)22/h5-6,8,12-13,15-17,19,21-24,29,31,33H,7,9-11H2,1-4H3/t12-,13-,15+,16+,17+,19+,21-,22+,23-,24+,26+,27-/m0/s1. The predicted molar refractivity (Wildman–Crippen MR) is 122 cm³/mol. The van der Waals surface area contributed by atoms with Gasteiger partial charge in [-0.15, -0.1) is 0 Å². The second-order valence-electron chi connectivity index (χ2n) is 11.8. The highest BCUT2D eigenvalue weighted by Crippen LogP contribution is 2.61. The molecule has 0 aromatic rings. The molecule has 3 N–H and O–H groups in total. The molecule has 1 saturated heterocycles. The number of hydrogen-bond donors (Lipinski definition) is 3. The van der Waals surface area contributed by atoms with Gasteiger partial charge < -0.3 is 20.1 Å². The Morgan fingerprint density at radius 3 is 2.56 bits per heavy atom. The molecule has 7 nitrogen and oxygen atoms in total. The van der Waals surface area contributed by atoms with Crippen LogP contribution >= 0.6 is 0 Å². The van der Waals surface area contributed by atoms with Crippen LogP contribution < -0.4 is 0 Å². The highest BCUT2D eigenvalue weighted by Gasteiger charge is 2.65. The zero-order chi connectivity index (χ0) is 24.7. The molecule has 0 unspecified atom stereocenters. The van der Waals surface area contributed by atoms with Crippen LogP contribution in [0.5, 0.6) is 0 Å². The molecular weight excluding hydrogens is 436 g/mol. The van der Waals surface area contributed by atoms with Crippen LogP contribution in [0.15, 0.2) is 23.8 Å². The van der Waals surface area contributed by atoms with Gasteiger partial charge in [-0.25, -0.2) is 0 Å². The average Bonchev–Trinajstić information content (AvgIpc) is 3.27. The van der Waals surface area contributed by atoms with Gasteiger partial charge in [0.1, 0.15) is 23.8 Å². The number of Topliss-reactive ketones (excluding diaryl/α,β-unsaturated/α-hetero) is 2. The summed E-state index contributed by atoms with van der Waals surface area (Å²) >= 11 is 0. The van der Waals surface area contributed by atoms with Gasteiger partial charge in [-0.3, -0.25) is 14.4 Å². The van der Waals surface area contributed by atoms with Gasteiger partial charge in [-0.1, -0.05) is 32.1 Å². The summed E-state index contributed by atoms with van der Waals surface area (Å²) in [5, 5.41) is 33.9. The van der Waals surface area contributed by atoms with Gasteiger partial charge in [-0.05, 0) is 50.0 Å². The van der Waals surface area contributed by atoms with Crippen molar-refractivity contribution in [2.75, 3.05) is 0 Å². The van der Waals surface area contributed by atoms with Gasteiger partial charge in [0.25, 0.3) is 0 Å². The third-order valence-corrected chi connectivity index (χ3v) is 10.3. The first-order chi connectivity index (χ1) is 15.9. The molecule has 4 aliphatic carbocycles. The van der Waals surface area contributed by atoms with Gasteiger partial charge in [0.15, 0.2) is 0 Å². The van der Waals surface area contributed by atoms with Crippen molar-refractivity contribution in [3.05, 3.63) is 23.8 Å². The Bertz CT molecular complexity index is 979. The number of rotatable bonds is 3. The van der Waals surface area contributed by atoms with Crippen LogP contribution in [0, 0.1) is 46.8 Å². The van der Waals surface area contributed by atoms with E-state index in [2.05, 4.69) is 6.08 Å². The van der Waals surface area contributed by atoms with Crippen LogP contribution in [-0.4, -0.2) is 56.8 Å². The zero-order valence-electron chi connectivity index (χ0n) is 20.3. The molecule has 7 heteroatoms. The second-order valence-corrected chi connectivity index (χ2v) is 11.8. The largest absolute Gasteiger partial charge is 0.459 e. The number of carbonyl (C=O) groups excluding carboxylic acids is 3. The molecule has 0 bridgehead atoms. The summed E-state index contributed by atoms with van der Waals surface area (Å²) in [6.45, 7) is 6.93. The van der Waals surface area contributed by atoms with Gasteiger partial charge in [0.05, 0.1) is 23.0 Å². The third-order valence-electron chi connectivity index (χ3n) is 10.3. The Balaban J connectivity index is 1.46. The number of allylic oxidation sites excluding steroid dienone is 4. The highest BCUT2D eigenvalue weighted by molar-refractivity contribution is 5.93. The number of ether oxygens (including phenoxy) is 1. The number of esters is 1. The number of aliphatic hydroxyl groups excluding tert-OH is 2. The predicted octanol–water partition coefficient (Wildman–Crippen LogP) is 1.98. The van der Waals surface area contributed by atoms with Crippen molar-refractivity contribution in [1.82, 2.24) is 0 Å². The molecule has 0 amide bonds. The number of carbonyl (C=O) groups is 3. The Morgan fingerprint density at radius 2 is 1.91 bits per heavy atom. The van der Waals surface area contributed by atoms with E-state index in [1.54, 1.807) is 13.8 Å². The van der Waals surface area contributed by atoms with Crippen molar-refractivity contribution in [2.45, 2.75) is 77.3 Å². The van der Waals surface area contributed by atoms with E-state index < -0.39 is 53.1 Å². The first-order valence-corrected chi connectivity index (χ1v) is 12.6. The second kappa shape index (κ2) is 7.84. The highest BCUT2D eigenvalue weighted by atomic mass is 16.6. The van der Waals surface area contributed by atoms with Gasteiger partial charge >= 0.3 is 5.97 Å². The molecule has 5 rings (SSSR count). The fraction of sp³-hybridized carbons (Fsp3) is 0.741. The molecular formula is C27H36O7. The molecule has 0 aromatic heterocycles. The molecule has 5 aliphatic rings. The quantitative estimate of drug-likeness (QED) is 0.537. The topological polar surface area (TPSA) is 121 Å². The minimum atomic E-state index is -1.83.